The predicted octanol–water partition coefficient (Wildman–Crippen LogP) is 0.310. The van der Waals surface area contributed by atoms with Crippen LogP contribution in [0.2, 0.25) is 0 Å². The van der Waals surface area contributed by atoms with E-state index < -0.39 is 13.3 Å². The Morgan fingerprint density at radius 3 is 1.67 bits per heavy atom. The first-order valence-electron chi connectivity index (χ1n) is 9.35. The number of thioether (sulfide) groups is 1. The summed E-state index contributed by atoms with van der Waals surface area (Å²) in [5.41, 5.74) is 0. The summed E-state index contributed by atoms with van der Waals surface area (Å²) in [7, 11) is -2.23. The van der Waals surface area contributed by atoms with Crippen LogP contribution in [0.5, 0.6) is 0 Å². The van der Waals surface area contributed by atoms with Gasteiger partial charge in [0.15, 0.2) is 7.26 Å². The molecule has 1 N–H and O–H groups in total. The van der Waals surface area contributed by atoms with Crippen LogP contribution in [0, 0.1) is 0 Å². The Balaban J connectivity index is 0.00000256. The van der Waals surface area contributed by atoms with Crippen LogP contribution in [0.4, 0.5) is 4.79 Å². The van der Waals surface area contributed by atoms with Gasteiger partial charge >= 0.3 is 5.97 Å². The van der Waals surface area contributed by atoms with E-state index in [1.807, 2.05) is 54.6 Å². The van der Waals surface area contributed by atoms with E-state index in [0.29, 0.717) is 5.75 Å². The van der Waals surface area contributed by atoms with Crippen LogP contribution >= 0.6 is 19.0 Å². The molecule has 1 aliphatic rings. The van der Waals surface area contributed by atoms with Gasteiger partial charge < -0.3 is 27.0 Å². The zero-order valence-corrected chi connectivity index (χ0v) is 19.4. The van der Waals surface area contributed by atoms with Crippen molar-refractivity contribution in [1.29, 1.82) is 0 Å². The molecule has 7 heteroatoms. The van der Waals surface area contributed by atoms with Crippen molar-refractivity contribution in [3.63, 3.8) is 0 Å². The normalized spacial score (nSPS) is 15.7. The Kier molecular flexibility index (Phi) is 7.70. The lowest BCUT2D eigenvalue weighted by Crippen LogP contribution is -3.00. The molecule has 154 valence electrons. The van der Waals surface area contributed by atoms with Gasteiger partial charge in [0, 0.05) is 5.75 Å². The first-order chi connectivity index (χ1) is 14.2. The van der Waals surface area contributed by atoms with Gasteiger partial charge in [-0.05, 0) is 36.4 Å². The molecule has 1 atom stereocenters. The lowest BCUT2D eigenvalue weighted by molar-refractivity contribution is -0.142. The number of esters is 1. The molecule has 1 heterocycles. The maximum absolute atomic E-state index is 12.7. The van der Waals surface area contributed by atoms with Crippen molar-refractivity contribution in [2.24, 2.45) is 0 Å². The highest BCUT2D eigenvalue weighted by atomic mass is 79.9. The second-order valence-corrected chi connectivity index (χ2v) is 11.1. The predicted molar refractivity (Wildman–Crippen MR) is 121 cm³/mol. The van der Waals surface area contributed by atoms with Gasteiger partial charge in [0.25, 0.3) is 5.24 Å². The molecule has 0 saturated carbocycles. The summed E-state index contributed by atoms with van der Waals surface area (Å²) in [5, 5.41) is 5.94. The number of carbonyl (C=O) groups excluding carboxylic acids is 2. The largest absolute Gasteiger partial charge is 1.00 e. The van der Waals surface area contributed by atoms with Crippen LogP contribution in [0.25, 0.3) is 0 Å². The third kappa shape index (κ3) is 4.61. The summed E-state index contributed by atoms with van der Waals surface area (Å²) >= 11 is 1.11. The van der Waals surface area contributed by atoms with Gasteiger partial charge in [-0.1, -0.05) is 66.4 Å². The molecule has 0 radical (unpaired) electrons. The molecule has 0 aliphatic carbocycles. The number of amides is 1. The molecule has 1 fully saturated rings. The van der Waals surface area contributed by atoms with Gasteiger partial charge in [0.2, 0.25) is 6.35 Å². The van der Waals surface area contributed by atoms with E-state index in [1.54, 1.807) is 0 Å². The van der Waals surface area contributed by atoms with Crippen molar-refractivity contribution in [2.75, 3.05) is 12.1 Å². The van der Waals surface area contributed by atoms with Crippen LogP contribution in [0.15, 0.2) is 91.0 Å². The molecule has 3 aromatic carbocycles. The fraction of sp³-hybridized carbons (Fsp3) is 0.130. The molecule has 3 aromatic rings. The van der Waals surface area contributed by atoms with Gasteiger partial charge in [0.05, 0.1) is 0 Å². The van der Waals surface area contributed by atoms with E-state index >= 15 is 0 Å². The monoisotopic (exact) mass is 501 g/mol. The molecular formula is C23H21BrNO3PS. The van der Waals surface area contributed by atoms with E-state index in [4.69, 9.17) is 4.74 Å². The number of hydrogen-bond acceptors (Lipinski definition) is 4. The molecule has 0 spiro atoms. The molecule has 0 aromatic heterocycles. The quantitative estimate of drug-likeness (QED) is 0.390. The summed E-state index contributed by atoms with van der Waals surface area (Å²) < 4.78 is 5.89. The Hall–Kier alpha value is -2.14. The highest BCUT2D eigenvalue weighted by Gasteiger charge is 2.47. The summed E-state index contributed by atoms with van der Waals surface area (Å²) in [6, 6.07) is 30.1. The van der Waals surface area contributed by atoms with Gasteiger partial charge in [-0.2, -0.15) is 0 Å². The average Bonchev–Trinajstić information content (AvgIpc) is 3.23. The second kappa shape index (κ2) is 10.3. The number of ether oxygens (including phenoxy) is 1. The summed E-state index contributed by atoms with van der Waals surface area (Å²) in [6.07, 6.45) is 0.251. The van der Waals surface area contributed by atoms with E-state index in [1.165, 1.54) is 0 Å². The lowest BCUT2D eigenvalue weighted by atomic mass is 10.3. The number of halogens is 1. The van der Waals surface area contributed by atoms with Crippen molar-refractivity contribution in [1.82, 2.24) is 5.32 Å². The molecule has 1 amide bonds. The molecule has 4 nitrogen and oxygen atoms in total. The van der Waals surface area contributed by atoms with Gasteiger partial charge in [-0.3, -0.25) is 4.79 Å². The minimum absolute atomic E-state index is 0. The Morgan fingerprint density at radius 2 is 1.30 bits per heavy atom. The molecular weight excluding hydrogens is 481 g/mol. The van der Waals surface area contributed by atoms with Crippen LogP contribution in [0.3, 0.4) is 0 Å². The Labute approximate surface area is 191 Å². The average molecular weight is 502 g/mol. The van der Waals surface area contributed by atoms with Crippen molar-refractivity contribution in [3.8, 4) is 0 Å². The molecule has 1 saturated heterocycles. The highest BCUT2D eigenvalue weighted by Crippen LogP contribution is 2.55. The van der Waals surface area contributed by atoms with E-state index in [-0.39, 0.29) is 34.5 Å². The molecule has 30 heavy (non-hydrogen) atoms. The van der Waals surface area contributed by atoms with Crippen LogP contribution in [-0.4, -0.2) is 29.4 Å². The Morgan fingerprint density at radius 1 is 0.867 bits per heavy atom. The third-order valence-corrected chi connectivity index (χ3v) is 9.88. The fourth-order valence-corrected chi connectivity index (χ4v) is 7.96. The minimum atomic E-state index is -2.23. The third-order valence-electron chi connectivity index (χ3n) is 4.95. The molecule has 0 unspecified atom stereocenters. The van der Waals surface area contributed by atoms with Crippen LogP contribution in [0.1, 0.15) is 0 Å². The number of benzene rings is 3. The maximum Gasteiger partial charge on any atom is 0.332 e. The first kappa shape index (κ1) is 22.5. The SMILES string of the molecule is O=C1N[C@H](C(=O)OC[P+](c2ccccc2)(c2ccccc2)c2ccccc2)CS1.[Br-]. The molecule has 0 bridgehead atoms. The number of carbonyl (C=O) groups is 2. The fourth-order valence-electron chi connectivity index (χ4n) is 3.49. The Bertz CT molecular complexity index is 892. The van der Waals surface area contributed by atoms with Gasteiger partial charge in [0.1, 0.15) is 22.0 Å². The van der Waals surface area contributed by atoms with Crippen molar-refractivity contribution >= 4 is 46.1 Å². The summed E-state index contributed by atoms with van der Waals surface area (Å²) in [5.74, 6) is 0.0287. The van der Waals surface area contributed by atoms with Gasteiger partial charge in [-0.25, -0.2) is 4.79 Å². The van der Waals surface area contributed by atoms with E-state index in [9.17, 15) is 9.59 Å². The smallest absolute Gasteiger partial charge is 0.332 e. The first-order valence-corrected chi connectivity index (χ1v) is 12.3. The maximum atomic E-state index is 12.7. The highest BCUT2D eigenvalue weighted by molar-refractivity contribution is 8.14. The number of hydrogen-bond donors (Lipinski definition) is 1. The van der Waals surface area contributed by atoms with Crippen molar-refractivity contribution < 1.29 is 31.3 Å². The molecule has 4 rings (SSSR count). The minimum Gasteiger partial charge on any atom is -1.00 e. The van der Waals surface area contributed by atoms with Crippen LogP contribution in [-0.2, 0) is 9.53 Å². The van der Waals surface area contributed by atoms with E-state index in [2.05, 4.69) is 41.7 Å². The molecule has 1 aliphatic heterocycles. The number of nitrogens with one attached hydrogen (secondary N) is 1. The second-order valence-electron chi connectivity index (χ2n) is 6.70. The zero-order valence-electron chi connectivity index (χ0n) is 16.1. The summed E-state index contributed by atoms with van der Waals surface area (Å²) in [4.78, 5) is 24.2. The topological polar surface area (TPSA) is 55.4 Å². The lowest BCUT2D eigenvalue weighted by Gasteiger charge is -2.27. The van der Waals surface area contributed by atoms with Gasteiger partial charge in [-0.15, -0.1) is 0 Å². The summed E-state index contributed by atoms with van der Waals surface area (Å²) in [6.45, 7) is 0. The van der Waals surface area contributed by atoms with E-state index in [0.717, 1.165) is 27.7 Å². The van der Waals surface area contributed by atoms with Crippen molar-refractivity contribution in [2.45, 2.75) is 6.04 Å². The zero-order chi connectivity index (χ0) is 20.1. The van der Waals surface area contributed by atoms with Crippen molar-refractivity contribution in [3.05, 3.63) is 91.0 Å². The standard InChI is InChI=1S/C23H20NO3PS.BrH/c25-22(21-16-29-23(26)24-21)27-17-28(18-10-4-1-5-11-18,19-12-6-2-7-13-19)20-14-8-3-9-15-20;/h1-15,21H,16-17H2;1H/t21-;/m0./s1. The number of rotatable bonds is 6. The van der Waals surface area contributed by atoms with Crippen LogP contribution < -0.4 is 38.2 Å².